The van der Waals surface area contributed by atoms with Gasteiger partial charge >= 0.3 is 0 Å². The number of primary amides is 1. The first-order valence-corrected chi connectivity index (χ1v) is 6.41. The number of hydrogen-bond donors (Lipinski definition) is 2. The molecular formula is C12H16BrFN2O2. The Bertz CT molecular complexity index is 415. The molecule has 0 aliphatic carbocycles. The minimum Gasteiger partial charge on any atom is -0.380 e. The van der Waals surface area contributed by atoms with Gasteiger partial charge in [0.1, 0.15) is 11.9 Å². The first-order valence-electron chi connectivity index (χ1n) is 5.61. The normalized spacial score (nSPS) is 12.4. The molecule has 1 atom stereocenters. The standard InChI is InChI=1S/C12H16BrFN2O2/c1-2-18-6-5-16-11(12(15)17)9-4-3-8(13)7-10(9)14/h3-4,7,11,16H,2,5-6H2,1H3,(H2,15,17)/t11-/m1/s1. The van der Waals surface area contributed by atoms with E-state index in [9.17, 15) is 9.18 Å². The van der Waals surface area contributed by atoms with Gasteiger partial charge in [-0.1, -0.05) is 22.0 Å². The number of amides is 1. The zero-order valence-electron chi connectivity index (χ0n) is 10.1. The van der Waals surface area contributed by atoms with Crippen molar-refractivity contribution in [3.8, 4) is 0 Å². The number of nitrogens with one attached hydrogen (secondary N) is 1. The molecule has 1 aromatic carbocycles. The van der Waals surface area contributed by atoms with Crippen molar-refractivity contribution in [1.29, 1.82) is 0 Å². The molecule has 3 N–H and O–H groups in total. The van der Waals surface area contributed by atoms with Crippen LogP contribution in [0.15, 0.2) is 22.7 Å². The SMILES string of the molecule is CCOCCN[C@@H](C(N)=O)c1ccc(Br)cc1F. The molecule has 0 aliphatic heterocycles. The van der Waals surface area contributed by atoms with Crippen molar-refractivity contribution in [2.24, 2.45) is 5.73 Å². The lowest BCUT2D eigenvalue weighted by Gasteiger charge is -2.16. The zero-order valence-corrected chi connectivity index (χ0v) is 11.7. The summed E-state index contributed by atoms with van der Waals surface area (Å²) >= 11 is 3.16. The van der Waals surface area contributed by atoms with Gasteiger partial charge in [0.05, 0.1) is 6.61 Å². The Kier molecular flexibility index (Phi) is 6.24. The fourth-order valence-corrected chi connectivity index (χ4v) is 1.85. The van der Waals surface area contributed by atoms with Crippen LogP contribution in [0.4, 0.5) is 4.39 Å². The van der Waals surface area contributed by atoms with Crippen LogP contribution in [0.25, 0.3) is 0 Å². The van der Waals surface area contributed by atoms with Crippen LogP contribution in [0.2, 0.25) is 0 Å². The Hall–Kier alpha value is -0.980. The molecule has 0 aromatic heterocycles. The fraction of sp³-hybridized carbons (Fsp3) is 0.417. The Morgan fingerprint density at radius 1 is 1.61 bits per heavy atom. The van der Waals surface area contributed by atoms with E-state index in [0.717, 1.165) is 0 Å². The molecule has 0 heterocycles. The first-order chi connectivity index (χ1) is 8.56. The second-order valence-electron chi connectivity index (χ2n) is 3.65. The molecule has 4 nitrogen and oxygen atoms in total. The van der Waals surface area contributed by atoms with Crippen molar-refractivity contribution in [3.05, 3.63) is 34.1 Å². The van der Waals surface area contributed by atoms with Gasteiger partial charge in [0.2, 0.25) is 5.91 Å². The number of halogens is 2. The van der Waals surface area contributed by atoms with Crippen LogP contribution >= 0.6 is 15.9 Å². The van der Waals surface area contributed by atoms with Crippen LogP contribution in [-0.4, -0.2) is 25.7 Å². The summed E-state index contributed by atoms with van der Waals surface area (Å²) in [4.78, 5) is 11.3. The molecule has 0 spiro atoms. The van der Waals surface area contributed by atoms with Gasteiger partial charge in [0.15, 0.2) is 0 Å². The molecule has 0 bridgehead atoms. The Labute approximate surface area is 114 Å². The summed E-state index contributed by atoms with van der Waals surface area (Å²) in [7, 11) is 0. The van der Waals surface area contributed by atoms with Crippen molar-refractivity contribution in [2.45, 2.75) is 13.0 Å². The van der Waals surface area contributed by atoms with E-state index in [0.29, 0.717) is 24.2 Å². The molecule has 0 saturated carbocycles. The number of ether oxygens (including phenoxy) is 1. The molecule has 0 aliphatic rings. The van der Waals surface area contributed by atoms with Crippen molar-refractivity contribution in [2.75, 3.05) is 19.8 Å². The summed E-state index contributed by atoms with van der Waals surface area (Å²) in [5, 5.41) is 2.88. The third kappa shape index (κ3) is 4.36. The highest BCUT2D eigenvalue weighted by molar-refractivity contribution is 9.10. The lowest BCUT2D eigenvalue weighted by atomic mass is 10.1. The lowest BCUT2D eigenvalue weighted by molar-refractivity contribution is -0.120. The van der Waals surface area contributed by atoms with Gasteiger partial charge < -0.3 is 10.5 Å². The molecule has 1 aromatic rings. The van der Waals surface area contributed by atoms with Crippen molar-refractivity contribution in [1.82, 2.24) is 5.32 Å². The summed E-state index contributed by atoms with van der Waals surface area (Å²) < 4.78 is 19.5. The van der Waals surface area contributed by atoms with Gasteiger partial charge in [-0.15, -0.1) is 0 Å². The quantitative estimate of drug-likeness (QED) is 0.753. The molecule has 1 amide bonds. The number of carbonyl (C=O) groups excluding carboxylic acids is 1. The minimum absolute atomic E-state index is 0.238. The Morgan fingerprint density at radius 2 is 2.33 bits per heavy atom. The molecule has 0 unspecified atom stereocenters. The number of hydrogen-bond acceptors (Lipinski definition) is 3. The fourth-order valence-electron chi connectivity index (χ4n) is 1.52. The summed E-state index contributed by atoms with van der Waals surface area (Å²) in [6.07, 6.45) is 0. The van der Waals surface area contributed by atoms with Crippen LogP contribution < -0.4 is 11.1 Å². The molecule has 1 rings (SSSR count). The number of nitrogens with two attached hydrogens (primary N) is 1. The van der Waals surface area contributed by atoms with Gasteiger partial charge in [-0.2, -0.15) is 0 Å². The summed E-state index contributed by atoms with van der Waals surface area (Å²) in [6, 6.07) is 3.65. The van der Waals surface area contributed by atoms with E-state index < -0.39 is 17.8 Å². The van der Waals surface area contributed by atoms with Gasteiger partial charge in [0, 0.05) is 23.2 Å². The van der Waals surface area contributed by atoms with Crippen LogP contribution in [0.1, 0.15) is 18.5 Å². The summed E-state index contributed by atoms with van der Waals surface area (Å²) in [5.41, 5.74) is 5.51. The van der Waals surface area contributed by atoms with E-state index in [1.165, 1.54) is 12.1 Å². The van der Waals surface area contributed by atoms with Crippen LogP contribution in [0.3, 0.4) is 0 Å². The smallest absolute Gasteiger partial charge is 0.239 e. The number of rotatable bonds is 7. The van der Waals surface area contributed by atoms with Crippen molar-refractivity contribution >= 4 is 21.8 Å². The average molecular weight is 319 g/mol. The zero-order chi connectivity index (χ0) is 13.5. The lowest BCUT2D eigenvalue weighted by Crippen LogP contribution is -2.36. The second-order valence-corrected chi connectivity index (χ2v) is 4.57. The Balaban J connectivity index is 2.75. The van der Waals surface area contributed by atoms with Gasteiger partial charge in [-0.3, -0.25) is 10.1 Å². The van der Waals surface area contributed by atoms with Crippen molar-refractivity contribution in [3.63, 3.8) is 0 Å². The second kappa shape index (κ2) is 7.45. The molecule has 18 heavy (non-hydrogen) atoms. The van der Waals surface area contributed by atoms with E-state index in [1.807, 2.05) is 6.92 Å². The van der Waals surface area contributed by atoms with Gasteiger partial charge in [0.25, 0.3) is 0 Å². The maximum absolute atomic E-state index is 13.7. The number of benzene rings is 1. The monoisotopic (exact) mass is 318 g/mol. The van der Waals surface area contributed by atoms with E-state index >= 15 is 0 Å². The van der Waals surface area contributed by atoms with Crippen LogP contribution in [0, 0.1) is 5.82 Å². The molecule has 0 fully saturated rings. The van der Waals surface area contributed by atoms with Crippen LogP contribution in [-0.2, 0) is 9.53 Å². The predicted molar refractivity (Wildman–Crippen MR) is 70.5 cm³/mol. The predicted octanol–water partition coefficient (Wildman–Crippen LogP) is 1.74. The summed E-state index contributed by atoms with van der Waals surface area (Å²) in [6.45, 7) is 3.34. The van der Waals surface area contributed by atoms with E-state index in [-0.39, 0.29) is 5.56 Å². The Morgan fingerprint density at radius 3 is 2.89 bits per heavy atom. The molecule has 0 saturated heterocycles. The topological polar surface area (TPSA) is 64.3 Å². The molecule has 100 valence electrons. The van der Waals surface area contributed by atoms with Crippen molar-refractivity contribution < 1.29 is 13.9 Å². The van der Waals surface area contributed by atoms with Gasteiger partial charge in [-0.25, -0.2) is 4.39 Å². The maximum atomic E-state index is 13.7. The summed E-state index contributed by atoms with van der Waals surface area (Å²) in [5.74, 6) is -1.09. The maximum Gasteiger partial charge on any atom is 0.239 e. The van der Waals surface area contributed by atoms with Gasteiger partial charge in [-0.05, 0) is 19.1 Å². The molecule has 0 radical (unpaired) electrons. The minimum atomic E-state index is -0.849. The van der Waals surface area contributed by atoms with Crippen LogP contribution in [0.5, 0.6) is 0 Å². The number of carbonyl (C=O) groups is 1. The van der Waals surface area contributed by atoms with E-state index in [4.69, 9.17) is 10.5 Å². The third-order valence-electron chi connectivity index (χ3n) is 2.36. The van der Waals surface area contributed by atoms with E-state index in [1.54, 1.807) is 6.07 Å². The van der Waals surface area contributed by atoms with E-state index in [2.05, 4.69) is 21.2 Å². The highest BCUT2D eigenvalue weighted by atomic mass is 79.9. The average Bonchev–Trinajstić information content (AvgIpc) is 2.30. The largest absolute Gasteiger partial charge is 0.380 e. The highest BCUT2D eigenvalue weighted by Crippen LogP contribution is 2.20. The third-order valence-corrected chi connectivity index (χ3v) is 2.85. The molecular weight excluding hydrogens is 303 g/mol. The first kappa shape index (κ1) is 15.1. The highest BCUT2D eigenvalue weighted by Gasteiger charge is 2.20. The molecule has 6 heteroatoms.